The van der Waals surface area contributed by atoms with Gasteiger partial charge in [0.1, 0.15) is 0 Å². The lowest BCUT2D eigenvalue weighted by atomic mass is 10.1. The van der Waals surface area contributed by atoms with E-state index >= 15 is 0 Å². The molecule has 3 aromatic carbocycles. The maximum Gasteiger partial charge on any atom is 0.255 e. The van der Waals surface area contributed by atoms with Crippen LogP contribution in [0.25, 0.3) is 0 Å². The highest BCUT2D eigenvalue weighted by molar-refractivity contribution is 6.31. The number of anilines is 1. The van der Waals surface area contributed by atoms with E-state index < -0.39 is 0 Å². The average molecular weight is 393 g/mol. The number of hydrogen-bond donors (Lipinski definition) is 1. The van der Waals surface area contributed by atoms with Crippen LogP contribution in [0.15, 0.2) is 72.8 Å². The van der Waals surface area contributed by atoms with Gasteiger partial charge in [-0.3, -0.25) is 9.59 Å². The summed E-state index contributed by atoms with van der Waals surface area (Å²) in [5.74, 6) is -0.428. The summed E-state index contributed by atoms with van der Waals surface area (Å²) in [7, 11) is 1.75. The van der Waals surface area contributed by atoms with Crippen molar-refractivity contribution in [1.29, 1.82) is 0 Å². The smallest absolute Gasteiger partial charge is 0.255 e. The topological polar surface area (TPSA) is 49.4 Å². The highest BCUT2D eigenvalue weighted by Gasteiger charge is 2.15. The summed E-state index contributed by atoms with van der Waals surface area (Å²) >= 11 is 6.01. The molecule has 3 rings (SSSR count). The van der Waals surface area contributed by atoms with Crippen LogP contribution in [0.2, 0.25) is 5.02 Å². The molecule has 0 aromatic heterocycles. The van der Waals surface area contributed by atoms with E-state index in [9.17, 15) is 9.59 Å². The molecule has 5 heteroatoms. The van der Waals surface area contributed by atoms with Gasteiger partial charge in [0.15, 0.2) is 0 Å². The lowest BCUT2D eigenvalue weighted by Gasteiger charge is -2.18. The number of aryl methyl sites for hydroxylation is 1. The van der Waals surface area contributed by atoms with E-state index in [4.69, 9.17) is 11.6 Å². The molecule has 3 aromatic rings. The molecule has 0 atom stereocenters. The molecule has 0 aliphatic heterocycles. The fourth-order valence-electron chi connectivity index (χ4n) is 2.87. The van der Waals surface area contributed by atoms with Crippen molar-refractivity contribution in [2.45, 2.75) is 13.5 Å². The van der Waals surface area contributed by atoms with Crippen molar-refractivity contribution < 1.29 is 9.59 Å². The Kier molecular flexibility index (Phi) is 6.12. The third-order valence-corrected chi connectivity index (χ3v) is 4.66. The van der Waals surface area contributed by atoms with Gasteiger partial charge in [-0.2, -0.15) is 0 Å². The molecule has 0 aliphatic rings. The molecule has 0 saturated heterocycles. The molecule has 0 aliphatic carbocycles. The lowest BCUT2D eigenvalue weighted by molar-refractivity contribution is 0.0785. The van der Waals surface area contributed by atoms with Crippen molar-refractivity contribution in [2.24, 2.45) is 0 Å². The van der Waals surface area contributed by atoms with Crippen molar-refractivity contribution >= 4 is 29.1 Å². The minimum Gasteiger partial charge on any atom is -0.337 e. The number of carbonyl (C=O) groups excluding carboxylic acids is 2. The predicted molar refractivity (Wildman–Crippen MR) is 113 cm³/mol. The molecule has 28 heavy (non-hydrogen) atoms. The van der Waals surface area contributed by atoms with Gasteiger partial charge in [-0.1, -0.05) is 54.1 Å². The molecule has 0 unspecified atom stereocenters. The Morgan fingerprint density at radius 1 is 0.929 bits per heavy atom. The second kappa shape index (κ2) is 8.72. The minimum absolute atomic E-state index is 0.141. The van der Waals surface area contributed by atoms with E-state index in [2.05, 4.69) is 5.32 Å². The number of halogens is 1. The maximum absolute atomic E-state index is 12.8. The number of carbonyl (C=O) groups is 2. The summed E-state index contributed by atoms with van der Waals surface area (Å²) in [6, 6.07) is 21.8. The number of hydrogen-bond acceptors (Lipinski definition) is 2. The van der Waals surface area contributed by atoms with Gasteiger partial charge in [-0.25, -0.2) is 0 Å². The Bertz CT molecular complexity index is 1000. The van der Waals surface area contributed by atoms with Gasteiger partial charge in [-0.15, -0.1) is 0 Å². The van der Waals surface area contributed by atoms with Gasteiger partial charge in [0, 0.05) is 35.4 Å². The Morgan fingerprint density at radius 3 is 2.39 bits per heavy atom. The van der Waals surface area contributed by atoms with E-state index in [1.165, 1.54) is 0 Å². The molecule has 0 spiro atoms. The third kappa shape index (κ3) is 4.78. The SMILES string of the molecule is Cc1ccc(Cl)cc1NC(=O)c1cccc(C(=O)N(C)Cc2ccccc2)c1. The zero-order valence-electron chi connectivity index (χ0n) is 15.8. The predicted octanol–water partition coefficient (Wildman–Crippen LogP) is 5.17. The number of amides is 2. The summed E-state index contributed by atoms with van der Waals surface area (Å²) in [5.41, 5.74) is 3.49. The Balaban J connectivity index is 1.74. The number of nitrogens with one attached hydrogen (secondary N) is 1. The molecular formula is C23H21ClN2O2. The highest BCUT2D eigenvalue weighted by Crippen LogP contribution is 2.21. The van der Waals surface area contributed by atoms with Crippen molar-refractivity contribution in [1.82, 2.24) is 4.90 Å². The van der Waals surface area contributed by atoms with Crippen LogP contribution in [0, 0.1) is 6.92 Å². The molecule has 0 bridgehead atoms. The van der Waals surface area contributed by atoms with E-state index in [1.54, 1.807) is 48.3 Å². The second-order valence-corrected chi connectivity index (χ2v) is 7.08. The monoisotopic (exact) mass is 392 g/mol. The molecule has 2 amide bonds. The van der Waals surface area contributed by atoms with Crippen LogP contribution in [-0.4, -0.2) is 23.8 Å². The average Bonchev–Trinajstić information content (AvgIpc) is 2.71. The van der Waals surface area contributed by atoms with E-state index in [0.29, 0.717) is 28.4 Å². The molecular weight excluding hydrogens is 372 g/mol. The lowest BCUT2D eigenvalue weighted by Crippen LogP contribution is -2.26. The highest BCUT2D eigenvalue weighted by atomic mass is 35.5. The molecule has 0 heterocycles. The molecule has 0 radical (unpaired) electrons. The molecule has 0 saturated carbocycles. The van der Waals surface area contributed by atoms with Gasteiger partial charge in [0.25, 0.3) is 11.8 Å². The Hall–Kier alpha value is -3.11. The molecule has 142 valence electrons. The van der Waals surface area contributed by atoms with Crippen LogP contribution in [0.1, 0.15) is 31.8 Å². The number of benzene rings is 3. The van der Waals surface area contributed by atoms with Crippen LogP contribution in [0.4, 0.5) is 5.69 Å². The first-order valence-corrected chi connectivity index (χ1v) is 9.29. The number of nitrogens with zero attached hydrogens (tertiary/aromatic N) is 1. The van der Waals surface area contributed by atoms with Crippen LogP contribution >= 0.6 is 11.6 Å². The second-order valence-electron chi connectivity index (χ2n) is 6.64. The first kappa shape index (κ1) is 19.6. The minimum atomic E-state index is -0.286. The van der Waals surface area contributed by atoms with Gasteiger partial charge < -0.3 is 10.2 Å². The zero-order chi connectivity index (χ0) is 20.1. The van der Waals surface area contributed by atoms with Gasteiger partial charge in [-0.05, 0) is 48.4 Å². The van der Waals surface area contributed by atoms with Gasteiger partial charge >= 0.3 is 0 Å². The van der Waals surface area contributed by atoms with Crippen LogP contribution < -0.4 is 5.32 Å². The fourth-order valence-corrected chi connectivity index (χ4v) is 3.04. The molecule has 1 N–H and O–H groups in total. The first-order valence-electron chi connectivity index (χ1n) is 8.91. The van der Waals surface area contributed by atoms with Crippen molar-refractivity contribution in [2.75, 3.05) is 12.4 Å². The van der Waals surface area contributed by atoms with E-state index in [1.807, 2.05) is 43.3 Å². The van der Waals surface area contributed by atoms with Gasteiger partial charge in [0.2, 0.25) is 0 Å². The fraction of sp³-hybridized carbons (Fsp3) is 0.130. The molecule has 4 nitrogen and oxygen atoms in total. The van der Waals surface area contributed by atoms with E-state index in [-0.39, 0.29) is 11.8 Å². The standard InChI is InChI=1S/C23H21ClN2O2/c1-16-11-12-20(24)14-21(16)25-22(27)18-9-6-10-19(13-18)23(28)26(2)15-17-7-4-3-5-8-17/h3-14H,15H2,1-2H3,(H,25,27). The van der Waals surface area contributed by atoms with Gasteiger partial charge in [0.05, 0.1) is 0 Å². The quantitative estimate of drug-likeness (QED) is 0.650. The maximum atomic E-state index is 12.8. The number of rotatable bonds is 5. The zero-order valence-corrected chi connectivity index (χ0v) is 16.5. The summed E-state index contributed by atoms with van der Waals surface area (Å²) in [5, 5.41) is 3.40. The summed E-state index contributed by atoms with van der Waals surface area (Å²) < 4.78 is 0. The summed E-state index contributed by atoms with van der Waals surface area (Å²) in [6.45, 7) is 2.39. The Labute approximate surface area is 169 Å². The largest absolute Gasteiger partial charge is 0.337 e. The molecule has 0 fully saturated rings. The normalized spacial score (nSPS) is 10.4. The summed E-state index contributed by atoms with van der Waals surface area (Å²) in [4.78, 5) is 27.0. The first-order chi connectivity index (χ1) is 13.4. The van der Waals surface area contributed by atoms with Crippen LogP contribution in [-0.2, 0) is 6.54 Å². The van der Waals surface area contributed by atoms with Crippen molar-refractivity contribution in [3.8, 4) is 0 Å². The van der Waals surface area contributed by atoms with Crippen LogP contribution in [0.5, 0.6) is 0 Å². The van der Waals surface area contributed by atoms with Crippen LogP contribution in [0.3, 0.4) is 0 Å². The summed E-state index contributed by atoms with van der Waals surface area (Å²) in [6.07, 6.45) is 0. The van der Waals surface area contributed by atoms with Crippen molar-refractivity contribution in [3.63, 3.8) is 0 Å². The van der Waals surface area contributed by atoms with Crippen molar-refractivity contribution in [3.05, 3.63) is 100 Å². The Morgan fingerprint density at radius 2 is 1.64 bits per heavy atom. The third-order valence-electron chi connectivity index (χ3n) is 4.43. The van der Waals surface area contributed by atoms with E-state index in [0.717, 1.165) is 11.1 Å².